The summed E-state index contributed by atoms with van der Waals surface area (Å²) in [7, 11) is 1.27. The number of oxazole rings is 2. The molecule has 0 radical (unpaired) electrons. The monoisotopic (exact) mass is 611 g/mol. The Kier molecular flexibility index (Phi) is 6.04. The highest BCUT2D eigenvalue weighted by molar-refractivity contribution is 5.90. The SMILES string of the molecule is COC(=O)c1coc(-c2nc3oc2[C@@]24c5ccccc5NC2Oc2ccc(cc24)CC(NC(=O)[C@@H](O)C(C)C)C2=NC3CO2)n1. The van der Waals surface area contributed by atoms with Crippen LogP contribution in [0.25, 0.3) is 11.6 Å². The minimum absolute atomic E-state index is 0.0167. The molecule has 13 heteroatoms. The number of nitrogens with zero attached hydrogens (tertiary/aromatic N) is 3. The van der Waals surface area contributed by atoms with Crippen molar-refractivity contribution in [2.24, 2.45) is 10.9 Å². The normalized spacial score (nSPS) is 24.2. The van der Waals surface area contributed by atoms with Gasteiger partial charge in [-0.3, -0.25) is 4.79 Å². The Morgan fingerprint density at radius 2 is 2.00 bits per heavy atom. The van der Waals surface area contributed by atoms with Gasteiger partial charge in [-0.05, 0) is 29.2 Å². The largest absolute Gasteiger partial charge is 0.477 e. The maximum absolute atomic E-state index is 13.0. The predicted octanol–water partition coefficient (Wildman–Crippen LogP) is 3.12. The van der Waals surface area contributed by atoms with Gasteiger partial charge in [0.05, 0.1) is 7.11 Å². The van der Waals surface area contributed by atoms with Gasteiger partial charge in [-0.2, -0.15) is 0 Å². The lowest BCUT2D eigenvalue weighted by atomic mass is 9.72. The topological polar surface area (TPSA) is 171 Å². The molecular formula is C32H29N5O8. The Morgan fingerprint density at radius 1 is 1.16 bits per heavy atom. The van der Waals surface area contributed by atoms with Crippen LogP contribution < -0.4 is 15.4 Å². The van der Waals surface area contributed by atoms with Gasteiger partial charge in [0, 0.05) is 17.7 Å². The zero-order valence-corrected chi connectivity index (χ0v) is 24.6. The Balaban J connectivity index is 1.36. The molecule has 3 unspecified atom stereocenters. The number of aliphatic hydroxyl groups excluding tert-OH is 1. The van der Waals surface area contributed by atoms with Gasteiger partial charge >= 0.3 is 5.97 Å². The van der Waals surface area contributed by atoms with E-state index >= 15 is 0 Å². The van der Waals surface area contributed by atoms with Crippen LogP contribution in [0.2, 0.25) is 0 Å². The maximum atomic E-state index is 13.0. The smallest absolute Gasteiger partial charge is 0.360 e. The van der Waals surface area contributed by atoms with Gasteiger partial charge in [0.2, 0.25) is 23.6 Å². The third-order valence-corrected chi connectivity index (χ3v) is 8.76. The summed E-state index contributed by atoms with van der Waals surface area (Å²) < 4.78 is 29.9. The summed E-state index contributed by atoms with van der Waals surface area (Å²) in [6, 6.07) is 12.4. The summed E-state index contributed by atoms with van der Waals surface area (Å²) in [5.74, 6) is 0.197. The Labute approximate surface area is 256 Å². The van der Waals surface area contributed by atoms with E-state index < -0.39 is 41.7 Å². The fraction of sp³-hybridized carbons (Fsp3) is 0.344. The van der Waals surface area contributed by atoms with Gasteiger partial charge in [0.15, 0.2) is 29.4 Å². The van der Waals surface area contributed by atoms with Crippen LogP contribution in [0.4, 0.5) is 5.69 Å². The zero-order chi connectivity index (χ0) is 31.0. The lowest BCUT2D eigenvalue weighted by Crippen LogP contribution is -2.48. The van der Waals surface area contributed by atoms with Crippen LogP contribution in [0.5, 0.6) is 5.75 Å². The van der Waals surface area contributed by atoms with E-state index in [1.807, 2.05) is 42.5 Å². The molecule has 2 aromatic carbocycles. The lowest BCUT2D eigenvalue weighted by Gasteiger charge is -2.27. The molecule has 13 nitrogen and oxygen atoms in total. The average Bonchev–Trinajstić information content (AvgIpc) is 3.86. The first kappa shape index (κ1) is 27.4. The fourth-order valence-electron chi connectivity index (χ4n) is 6.53. The van der Waals surface area contributed by atoms with E-state index in [0.717, 1.165) is 22.4 Å². The van der Waals surface area contributed by atoms with Crippen LogP contribution in [0.15, 0.2) is 62.6 Å². The third-order valence-electron chi connectivity index (χ3n) is 8.76. The van der Waals surface area contributed by atoms with Crippen LogP contribution in [-0.2, 0) is 26.1 Å². The quantitative estimate of drug-likeness (QED) is 0.283. The third kappa shape index (κ3) is 3.99. The van der Waals surface area contributed by atoms with Crippen LogP contribution in [0.1, 0.15) is 58.7 Å². The van der Waals surface area contributed by atoms with Crippen molar-refractivity contribution in [1.82, 2.24) is 15.3 Å². The summed E-state index contributed by atoms with van der Waals surface area (Å²) in [5.41, 5.74) is 2.65. The number of nitrogens with one attached hydrogen (secondary N) is 2. The summed E-state index contributed by atoms with van der Waals surface area (Å²) >= 11 is 0. The van der Waals surface area contributed by atoms with Crippen LogP contribution in [0.3, 0.4) is 0 Å². The highest BCUT2D eigenvalue weighted by Gasteiger charge is 2.61. The van der Waals surface area contributed by atoms with E-state index in [2.05, 4.69) is 15.6 Å². The minimum atomic E-state index is -1.20. The molecule has 4 aliphatic heterocycles. The molecular weight excluding hydrogens is 582 g/mol. The first-order valence-electron chi connectivity index (χ1n) is 14.7. The number of rotatable bonds is 5. The summed E-state index contributed by atoms with van der Waals surface area (Å²) in [4.78, 5) is 39.4. The number of methoxy groups -OCH3 is 1. The second-order valence-electron chi connectivity index (χ2n) is 11.8. The molecule has 1 spiro atoms. The number of aliphatic hydroxyl groups is 1. The summed E-state index contributed by atoms with van der Waals surface area (Å²) in [5, 5.41) is 16.9. The van der Waals surface area contributed by atoms with Gasteiger partial charge < -0.3 is 38.8 Å². The van der Waals surface area contributed by atoms with Crippen molar-refractivity contribution in [2.45, 2.75) is 50.1 Å². The molecule has 0 fully saturated rings. The molecule has 3 N–H and O–H groups in total. The molecule has 1 amide bonds. The van der Waals surface area contributed by atoms with Crippen molar-refractivity contribution in [2.75, 3.05) is 19.0 Å². The first-order chi connectivity index (χ1) is 21.8. The van der Waals surface area contributed by atoms with Crippen molar-refractivity contribution < 1.29 is 37.7 Å². The van der Waals surface area contributed by atoms with Crippen LogP contribution >= 0.6 is 0 Å². The molecule has 8 rings (SSSR count). The average molecular weight is 612 g/mol. The summed E-state index contributed by atoms with van der Waals surface area (Å²) in [6.45, 7) is 3.65. The van der Waals surface area contributed by atoms with E-state index in [0.29, 0.717) is 23.8 Å². The number of ether oxygens (including phenoxy) is 3. The van der Waals surface area contributed by atoms with Gasteiger partial charge in [-0.1, -0.05) is 44.2 Å². The molecule has 6 heterocycles. The number of hydrogen-bond donors (Lipinski definition) is 3. The number of hydrogen-bond acceptors (Lipinski definition) is 12. The Bertz CT molecular complexity index is 1900. The number of amides is 1. The number of carbonyl (C=O) groups is 2. The number of aromatic nitrogens is 2. The van der Waals surface area contributed by atoms with E-state index in [9.17, 15) is 14.7 Å². The minimum Gasteiger partial charge on any atom is -0.477 e. The number of carbonyl (C=O) groups excluding carboxylic acids is 2. The highest BCUT2D eigenvalue weighted by Crippen LogP contribution is 2.59. The number of benzene rings is 2. The van der Waals surface area contributed by atoms with Crippen molar-refractivity contribution in [3.8, 4) is 17.3 Å². The number of fused-ring (bicyclic) bond motifs is 6. The highest BCUT2D eigenvalue weighted by atomic mass is 16.5. The number of anilines is 1. The van der Waals surface area contributed by atoms with Gasteiger partial charge in [-0.15, -0.1) is 0 Å². The lowest BCUT2D eigenvalue weighted by molar-refractivity contribution is -0.131. The second kappa shape index (κ2) is 9.92. The molecule has 2 aromatic heterocycles. The Hall–Kier alpha value is -5.17. The van der Waals surface area contributed by atoms with Gasteiger partial charge in [0.25, 0.3) is 0 Å². The van der Waals surface area contributed by atoms with E-state index in [1.54, 1.807) is 13.8 Å². The first-order valence-corrected chi connectivity index (χ1v) is 14.7. The molecule has 4 aliphatic rings. The maximum Gasteiger partial charge on any atom is 0.360 e. The molecule has 230 valence electrons. The van der Waals surface area contributed by atoms with Crippen molar-refractivity contribution >= 4 is 23.5 Å². The van der Waals surface area contributed by atoms with E-state index in [-0.39, 0.29) is 35.7 Å². The fourth-order valence-corrected chi connectivity index (χ4v) is 6.53. The van der Waals surface area contributed by atoms with Gasteiger partial charge in [-0.25, -0.2) is 19.8 Å². The zero-order valence-electron chi connectivity index (χ0n) is 24.6. The molecule has 45 heavy (non-hydrogen) atoms. The summed E-state index contributed by atoms with van der Waals surface area (Å²) in [6.07, 6.45) is -0.260. The number of aliphatic imine (C=N–C) groups is 1. The number of esters is 1. The van der Waals surface area contributed by atoms with Crippen molar-refractivity contribution in [3.05, 3.63) is 82.8 Å². The van der Waals surface area contributed by atoms with Crippen LogP contribution in [0, 0.1) is 5.92 Å². The Morgan fingerprint density at radius 3 is 2.82 bits per heavy atom. The molecule has 0 saturated heterocycles. The predicted molar refractivity (Wildman–Crippen MR) is 157 cm³/mol. The van der Waals surface area contributed by atoms with Crippen molar-refractivity contribution in [1.29, 1.82) is 0 Å². The number of para-hydroxylation sites is 1. The standard InChI is InChI=1S/C32H29N5O8/c1-14(2)24(38)26(39)33-19-11-15-8-9-22-17(10-15)32(16-6-4-5-7-18(16)36-31(32)44-22)25-23(29-35-21(13-43-29)30(40)41-3)37-28(45-25)20-12-42-27(19)34-20/h4-10,13-14,19-20,24,31,36,38H,11-12H2,1-3H3,(H,33,39)/t19?,20?,24-,31?,32-/m0/s1. The van der Waals surface area contributed by atoms with Crippen molar-refractivity contribution in [3.63, 3.8) is 0 Å². The molecule has 6 bridgehead atoms. The molecule has 4 aromatic rings. The van der Waals surface area contributed by atoms with Gasteiger partial charge in [0.1, 0.15) is 36.2 Å². The van der Waals surface area contributed by atoms with Crippen LogP contribution in [-0.4, -0.2) is 64.9 Å². The van der Waals surface area contributed by atoms with E-state index in [4.69, 9.17) is 33.0 Å². The second-order valence-corrected chi connectivity index (χ2v) is 11.8. The molecule has 0 aliphatic carbocycles. The molecule has 0 saturated carbocycles. The van der Waals surface area contributed by atoms with E-state index in [1.165, 1.54) is 13.4 Å². The molecule has 5 atom stereocenters.